The molecule has 0 fully saturated rings. The van der Waals surface area contributed by atoms with Crippen molar-refractivity contribution in [2.75, 3.05) is 13.2 Å². The molecule has 0 aliphatic carbocycles. The molecular formula is C15H24BrNO. The number of halogens is 1. The van der Waals surface area contributed by atoms with Crippen LogP contribution in [0, 0.1) is 13.8 Å². The summed E-state index contributed by atoms with van der Waals surface area (Å²) in [6.45, 7) is 12.2. The van der Waals surface area contributed by atoms with Gasteiger partial charge in [-0.15, -0.1) is 0 Å². The summed E-state index contributed by atoms with van der Waals surface area (Å²) in [6.07, 6.45) is 0.267. The molecule has 0 radical (unpaired) electrons. The zero-order valence-electron chi connectivity index (χ0n) is 12.0. The van der Waals surface area contributed by atoms with Gasteiger partial charge in [-0.2, -0.15) is 0 Å². The van der Waals surface area contributed by atoms with Crippen molar-refractivity contribution in [1.82, 2.24) is 5.32 Å². The van der Waals surface area contributed by atoms with Gasteiger partial charge in [-0.1, -0.05) is 35.0 Å². The van der Waals surface area contributed by atoms with Crippen LogP contribution in [0.4, 0.5) is 0 Å². The summed E-state index contributed by atoms with van der Waals surface area (Å²) >= 11 is 3.61. The zero-order chi connectivity index (χ0) is 13.7. The van der Waals surface area contributed by atoms with E-state index in [2.05, 4.69) is 68.0 Å². The molecule has 0 aromatic heterocycles. The summed E-state index contributed by atoms with van der Waals surface area (Å²) in [5.41, 5.74) is 3.85. The van der Waals surface area contributed by atoms with Crippen LogP contribution in [0.3, 0.4) is 0 Å². The van der Waals surface area contributed by atoms with Crippen molar-refractivity contribution in [2.24, 2.45) is 0 Å². The second-order valence-corrected chi connectivity index (χ2v) is 5.75. The first kappa shape index (κ1) is 15.7. The van der Waals surface area contributed by atoms with Gasteiger partial charge in [0.2, 0.25) is 0 Å². The number of nitrogens with one attached hydrogen (secondary N) is 1. The largest absolute Gasteiger partial charge is 0.377 e. The van der Waals surface area contributed by atoms with E-state index in [0.717, 1.165) is 6.54 Å². The van der Waals surface area contributed by atoms with Crippen LogP contribution in [-0.2, 0) is 4.74 Å². The third-order valence-corrected chi connectivity index (χ3v) is 4.16. The van der Waals surface area contributed by atoms with E-state index < -0.39 is 0 Å². The predicted molar refractivity (Wildman–Crippen MR) is 81.1 cm³/mol. The molecule has 1 rings (SSSR count). The number of benzene rings is 1. The summed E-state index contributed by atoms with van der Waals surface area (Å²) in [4.78, 5) is 0. The lowest BCUT2D eigenvalue weighted by Crippen LogP contribution is -2.26. The average molecular weight is 314 g/mol. The smallest absolute Gasteiger partial charge is 0.0664 e. The zero-order valence-corrected chi connectivity index (χ0v) is 13.6. The van der Waals surface area contributed by atoms with Crippen LogP contribution in [-0.4, -0.2) is 19.3 Å². The summed E-state index contributed by atoms with van der Waals surface area (Å²) in [7, 11) is 0. The van der Waals surface area contributed by atoms with E-state index >= 15 is 0 Å². The van der Waals surface area contributed by atoms with E-state index in [0.29, 0.717) is 6.61 Å². The minimum atomic E-state index is 0.267. The fraction of sp³-hybridized carbons (Fsp3) is 0.600. The molecule has 0 aliphatic heterocycles. The van der Waals surface area contributed by atoms with Crippen LogP contribution in [0.25, 0.3) is 0 Å². The van der Waals surface area contributed by atoms with Crippen molar-refractivity contribution in [1.29, 1.82) is 0 Å². The molecule has 102 valence electrons. The Bertz CT molecular complexity index is 367. The molecular weight excluding hydrogens is 290 g/mol. The molecule has 0 amide bonds. The lowest BCUT2D eigenvalue weighted by molar-refractivity contribution is 0.0614. The Balaban J connectivity index is 2.91. The molecule has 3 heteroatoms. The van der Waals surface area contributed by atoms with Gasteiger partial charge in [-0.25, -0.2) is 0 Å². The number of hydrogen-bond donors (Lipinski definition) is 1. The van der Waals surface area contributed by atoms with E-state index in [1.807, 2.05) is 0 Å². The molecule has 1 atom stereocenters. The molecule has 0 spiro atoms. The Morgan fingerprint density at radius 1 is 1.22 bits per heavy atom. The van der Waals surface area contributed by atoms with Gasteiger partial charge in [0, 0.05) is 4.47 Å². The minimum Gasteiger partial charge on any atom is -0.377 e. The Morgan fingerprint density at radius 2 is 1.78 bits per heavy atom. The molecule has 0 heterocycles. The molecule has 1 N–H and O–H groups in total. The minimum absolute atomic E-state index is 0.267. The van der Waals surface area contributed by atoms with E-state index in [1.54, 1.807) is 0 Å². The Kier molecular flexibility index (Phi) is 6.33. The lowest BCUT2D eigenvalue weighted by atomic mass is 10.0. The predicted octanol–water partition coefficient (Wildman–Crippen LogP) is 4.14. The van der Waals surface area contributed by atoms with Gasteiger partial charge in [0.05, 0.1) is 18.8 Å². The third kappa shape index (κ3) is 4.38. The van der Waals surface area contributed by atoms with Crippen LogP contribution >= 0.6 is 15.9 Å². The van der Waals surface area contributed by atoms with Crippen molar-refractivity contribution in [3.05, 3.63) is 33.3 Å². The molecule has 0 saturated heterocycles. The van der Waals surface area contributed by atoms with Crippen molar-refractivity contribution in [2.45, 2.75) is 46.8 Å². The first-order valence-electron chi connectivity index (χ1n) is 6.57. The first-order chi connectivity index (χ1) is 8.45. The summed E-state index contributed by atoms with van der Waals surface area (Å²) < 4.78 is 6.95. The van der Waals surface area contributed by atoms with Crippen LogP contribution in [0.2, 0.25) is 0 Å². The van der Waals surface area contributed by atoms with E-state index in [4.69, 9.17) is 4.74 Å². The van der Waals surface area contributed by atoms with Gasteiger partial charge in [0.25, 0.3) is 0 Å². The molecule has 1 aromatic rings. The van der Waals surface area contributed by atoms with Crippen LogP contribution in [0.5, 0.6) is 0 Å². The van der Waals surface area contributed by atoms with Crippen molar-refractivity contribution < 1.29 is 4.74 Å². The molecule has 1 aromatic carbocycles. The van der Waals surface area contributed by atoms with E-state index in [9.17, 15) is 0 Å². The first-order valence-corrected chi connectivity index (χ1v) is 7.36. The number of aryl methyl sites for hydroxylation is 2. The van der Waals surface area contributed by atoms with Crippen molar-refractivity contribution in [3.8, 4) is 0 Å². The standard InChI is InChI=1S/C15H24BrNO/c1-6-17-14(9-18-10(2)3)13-7-11(4)15(16)12(5)8-13/h7-8,10,14,17H,6,9H2,1-5H3. The van der Waals surface area contributed by atoms with Gasteiger partial charge < -0.3 is 10.1 Å². The molecule has 18 heavy (non-hydrogen) atoms. The summed E-state index contributed by atoms with van der Waals surface area (Å²) in [6, 6.07) is 4.73. The molecule has 0 saturated carbocycles. The normalized spacial score (nSPS) is 13.1. The lowest BCUT2D eigenvalue weighted by Gasteiger charge is -2.21. The highest BCUT2D eigenvalue weighted by molar-refractivity contribution is 9.10. The van der Waals surface area contributed by atoms with Gasteiger partial charge in [0.1, 0.15) is 0 Å². The maximum absolute atomic E-state index is 5.75. The SMILES string of the molecule is CCNC(COC(C)C)c1cc(C)c(Br)c(C)c1. The Morgan fingerprint density at radius 3 is 2.22 bits per heavy atom. The Labute approximate surface area is 119 Å². The van der Waals surface area contributed by atoms with E-state index in [-0.39, 0.29) is 12.1 Å². The average Bonchev–Trinajstić information content (AvgIpc) is 2.30. The molecule has 1 unspecified atom stereocenters. The second kappa shape index (κ2) is 7.27. The third-order valence-electron chi connectivity index (χ3n) is 2.91. The molecule has 0 bridgehead atoms. The maximum Gasteiger partial charge on any atom is 0.0664 e. The van der Waals surface area contributed by atoms with Gasteiger partial charge in [-0.3, -0.25) is 0 Å². The van der Waals surface area contributed by atoms with Crippen LogP contribution in [0.15, 0.2) is 16.6 Å². The monoisotopic (exact) mass is 313 g/mol. The highest BCUT2D eigenvalue weighted by atomic mass is 79.9. The quantitative estimate of drug-likeness (QED) is 0.852. The van der Waals surface area contributed by atoms with Crippen LogP contribution < -0.4 is 5.32 Å². The van der Waals surface area contributed by atoms with E-state index in [1.165, 1.54) is 21.2 Å². The number of likely N-dealkylation sites (N-methyl/N-ethyl adjacent to an activating group) is 1. The van der Waals surface area contributed by atoms with Crippen molar-refractivity contribution >= 4 is 15.9 Å². The number of ether oxygens (including phenoxy) is 1. The second-order valence-electron chi connectivity index (χ2n) is 4.96. The van der Waals surface area contributed by atoms with Crippen LogP contribution in [0.1, 0.15) is 43.5 Å². The van der Waals surface area contributed by atoms with Gasteiger partial charge >= 0.3 is 0 Å². The topological polar surface area (TPSA) is 21.3 Å². The Hall–Kier alpha value is -0.380. The summed E-state index contributed by atoms with van der Waals surface area (Å²) in [5, 5.41) is 3.49. The number of hydrogen-bond acceptors (Lipinski definition) is 2. The fourth-order valence-corrected chi connectivity index (χ4v) is 2.22. The number of rotatable bonds is 6. The maximum atomic E-state index is 5.75. The summed E-state index contributed by atoms with van der Waals surface area (Å²) in [5.74, 6) is 0. The van der Waals surface area contributed by atoms with Crippen molar-refractivity contribution in [3.63, 3.8) is 0 Å². The highest BCUT2D eigenvalue weighted by Gasteiger charge is 2.13. The molecule has 2 nitrogen and oxygen atoms in total. The van der Waals surface area contributed by atoms with Gasteiger partial charge in [0.15, 0.2) is 0 Å². The highest BCUT2D eigenvalue weighted by Crippen LogP contribution is 2.26. The van der Waals surface area contributed by atoms with Gasteiger partial charge in [-0.05, 0) is 50.9 Å². The molecule has 0 aliphatic rings. The fourth-order valence-electron chi connectivity index (χ4n) is 1.99.